The Morgan fingerprint density at radius 1 is 1.26 bits per heavy atom. The molecule has 1 atom stereocenters. The number of carbonyl (C=O) groups excluding carboxylic acids is 1. The van der Waals surface area contributed by atoms with Crippen molar-refractivity contribution in [3.8, 4) is 10.7 Å². The minimum atomic E-state index is -0.0839. The Bertz CT molecular complexity index is 829. The molecule has 1 aromatic carbocycles. The molecule has 4 rings (SSSR count). The smallest absolute Gasteiger partial charge is 0.232 e. The number of halogens is 1. The van der Waals surface area contributed by atoms with Gasteiger partial charge in [-0.2, -0.15) is 4.98 Å². The molecular formula is C16H12ClN3O2S. The minimum Gasteiger partial charge on any atom is -0.339 e. The molecule has 0 N–H and O–H groups in total. The molecule has 0 aliphatic carbocycles. The van der Waals surface area contributed by atoms with Crippen molar-refractivity contribution in [2.45, 2.75) is 12.3 Å². The zero-order valence-electron chi connectivity index (χ0n) is 12.0. The van der Waals surface area contributed by atoms with Crippen molar-refractivity contribution in [1.82, 2.24) is 10.1 Å². The minimum absolute atomic E-state index is 0.0493. The molecule has 3 heterocycles. The van der Waals surface area contributed by atoms with E-state index in [0.717, 1.165) is 10.6 Å². The van der Waals surface area contributed by atoms with E-state index < -0.39 is 0 Å². The average molecular weight is 346 g/mol. The maximum absolute atomic E-state index is 12.3. The highest BCUT2D eigenvalue weighted by Crippen LogP contribution is 2.32. The molecule has 0 saturated carbocycles. The number of hydrogen-bond acceptors (Lipinski definition) is 5. The molecule has 5 nitrogen and oxygen atoms in total. The topological polar surface area (TPSA) is 59.2 Å². The quantitative estimate of drug-likeness (QED) is 0.720. The van der Waals surface area contributed by atoms with E-state index in [2.05, 4.69) is 10.1 Å². The van der Waals surface area contributed by atoms with Crippen LogP contribution in [0.4, 0.5) is 5.69 Å². The standard InChI is InChI=1S/C16H12ClN3O2S/c17-11-3-5-12(6-4-11)20-9-10(8-14(20)21)16-18-15(19-22-16)13-2-1-7-23-13/h1-7,10H,8-9H2. The van der Waals surface area contributed by atoms with Gasteiger partial charge in [-0.1, -0.05) is 22.8 Å². The molecule has 2 aromatic heterocycles. The van der Waals surface area contributed by atoms with Gasteiger partial charge < -0.3 is 9.42 Å². The van der Waals surface area contributed by atoms with E-state index in [0.29, 0.717) is 29.7 Å². The number of thiophene rings is 1. The summed E-state index contributed by atoms with van der Waals surface area (Å²) in [6.07, 6.45) is 0.370. The summed E-state index contributed by atoms with van der Waals surface area (Å²) in [6, 6.07) is 11.1. The fourth-order valence-electron chi connectivity index (χ4n) is 2.65. The fourth-order valence-corrected chi connectivity index (χ4v) is 3.43. The highest BCUT2D eigenvalue weighted by Gasteiger charge is 2.35. The normalized spacial score (nSPS) is 17.9. The number of benzene rings is 1. The first-order chi connectivity index (χ1) is 11.2. The van der Waals surface area contributed by atoms with E-state index >= 15 is 0 Å². The largest absolute Gasteiger partial charge is 0.339 e. The van der Waals surface area contributed by atoms with Crippen LogP contribution < -0.4 is 4.90 Å². The summed E-state index contributed by atoms with van der Waals surface area (Å²) >= 11 is 7.45. The van der Waals surface area contributed by atoms with E-state index in [1.165, 1.54) is 0 Å². The van der Waals surface area contributed by atoms with E-state index in [9.17, 15) is 4.79 Å². The molecule has 7 heteroatoms. The number of aromatic nitrogens is 2. The number of anilines is 1. The van der Waals surface area contributed by atoms with Crippen LogP contribution in [0.15, 0.2) is 46.3 Å². The lowest BCUT2D eigenvalue weighted by molar-refractivity contribution is -0.117. The first kappa shape index (κ1) is 14.4. The fraction of sp³-hybridized carbons (Fsp3) is 0.188. The Balaban J connectivity index is 1.55. The van der Waals surface area contributed by atoms with Crippen LogP contribution in [0.1, 0.15) is 18.2 Å². The Hall–Kier alpha value is -2.18. The van der Waals surface area contributed by atoms with Crippen LogP contribution in [0.25, 0.3) is 10.7 Å². The van der Waals surface area contributed by atoms with Crippen LogP contribution in [0.3, 0.4) is 0 Å². The zero-order chi connectivity index (χ0) is 15.8. The maximum atomic E-state index is 12.3. The van der Waals surface area contributed by atoms with Crippen LogP contribution in [0, 0.1) is 0 Å². The van der Waals surface area contributed by atoms with Gasteiger partial charge in [-0.25, -0.2) is 0 Å². The van der Waals surface area contributed by atoms with Gasteiger partial charge in [0.2, 0.25) is 17.6 Å². The van der Waals surface area contributed by atoms with Crippen molar-refractivity contribution < 1.29 is 9.32 Å². The van der Waals surface area contributed by atoms with Crippen LogP contribution >= 0.6 is 22.9 Å². The van der Waals surface area contributed by atoms with Crippen molar-refractivity contribution in [2.24, 2.45) is 0 Å². The molecule has 0 radical (unpaired) electrons. The third-order valence-electron chi connectivity index (χ3n) is 3.80. The van der Waals surface area contributed by atoms with Gasteiger partial charge in [-0.15, -0.1) is 11.3 Å². The lowest BCUT2D eigenvalue weighted by Crippen LogP contribution is -2.24. The van der Waals surface area contributed by atoms with E-state index in [1.54, 1.807) is 28.4 Å². The highest BCUT2D eigenvalue weighted by molar-refractivity contribution is 7.13. The van der Waals surface area contributed by atoms with Crippen LogP contribution in [-0.4, -0.2) is 22.6 Å². The predicted octanol–water partition coefficient (Wildman–Crippen LogP) is 3.97. The molecule has 23 heavy (non-hydrogen) atoms. The van der Waals surface area contributed by atoms with Gasteiger partial charge >= 0.3 is 0 Å². The van der Waals surface area contributed by atoms with Gasteiger partial charge in [-0.05, 0) is 35.7 Å². The second-order valence-electron chi connectivity index (χ2n) is 5.32. The van der Waals surface area contributed by atoms with Crippen LogP contribution in [0.5, 0.6) is 0 Å². The van der Waals surface area contributed by atoms with Gasteiger partial charge in [0.15, 0.2) is 0 Å². The molecule has 1 fully saturated rings. The molecular weight excluding hydrogens is 334 g/mol. The predicted molar refractivity (Wildman–Crippen MR) is 88.8 cm³/mol. The second kappa shape index (κ2) is 5.79. The zero-order valence-corrected chi connectivity index (χ0v) is 13.5. The van der Waals surface area contributed by atoms with E-state index in [-0.39, 0.29) is 11.8 Å². The molecule has 1 aliphatic heterocycles. The highest BCUT2D eigenvalue weighted by atomic mass is 35.5. The first-order valence-electron chi connectivity index (χ1n) is 7.14. The van der Waals surface area contributed by atoms with Crippen molar-refractivity contribution >= 4 is 34.5 Å². The molecule has 1 saturated heterocycles. The molecule has 116 valence electrons. The van der Waals surface area contributed by atoms with E-state index in [4.69, 9.17) is 16.1 Å². The summed E-state index contributed by atoms with van der Waals surface area (Å²) in [7, 11) is 0. The maximum Gasteiger partial charge on any atom is 0.232 e. The molecule has 3 aromatic rings. The summed E-state index contributed by atoms with van der Waals surface area (Å²) < 4.78 is 5.37. The summed E-state index contributed by atoms with van der Waals surface area (Å²) in [4.78, 5) is 19.4. The third-order valence-corrected chi connectivity index (χ3v) is 4.91. The number of carbonyl (C=O) groups is 1. The summed E-state index contributed by atoms with van der Waals surface area (Å²) in [5.74, 6) is 1.05. The number of hydrogen-bond donors (Lipinski definition) is 0. The van der Waals surface area contributed by atoms with E-state index in [1.807, 2.05) is 29.6 Å². The Kier molecular flexibility index (Phi) is 3.63. The van der Waals surface area contributed by atoms with Gasteiger partial charge in [-0.3, -0.25) is 4.79 Å². The van der Waals surface area contributed by atoms with Gasteiger partial charge in [0, 0.05) is 23.7 Å². The van der Waals surface area contributed by atoms with Crippen molar-refractivity contribution in [3.05, 3.63) is 52.7 Å². The van der Waals surface area contributed by atoms with Gasteiger partial charge in [0.25, 0.3) is 0 Å². The second-order valence-corrected chi connectivity index (χ2v) is 6.70. The molecule has 0 bridgehead atoms. The Morgan fingerprint density at radius 3 is 2.83 bits per heavy atom. The van der Waals surface area contributed by atoms with Crippen molar-refractivity contribution in [3.63, 3.8) is 0 Å². The van der Waals surface area contributed by atoms with Gasteiger partial charge in [0.1, 0.15) is 0 Å². The first-order valence-corrected chi connectivity index (χ1v) is 8.40. The Morgan fingerprint density at radius 2 is 2.09 bits per heavy atom. The monoisotopic (exact) mass is 345 g/mol. The molecule has 1 aliphatic rings. The average Bonchev–Trinajstić information content (AvgIpc) is 3.27. The Labute approximate surface area is 141 Å². The number of amides is 1. The van der Waals surface area contributed by atoms with Gasteiger partial charge in [0.05, 0.1) is 10.8 Å². The summed E-state index contributed by atoms with van der Waals surface area (Å²) in [5.41, 5.74) is 0.833. The lowest BCUT2D eigenvalue weighted by atomic mass is 10.1. The van der Waals surface area contributed by atoms with Crippen LogP contribution in [0.2, 0.25) is 5.02 Å². The molecule has 1 unspecified atom stereocenters. The van der Waals surface area contributed by atoms with Crippen molar-refractivity contribution in [1.29, 1.82) is 0 Å². The lowest BCUT2D eigenvalue weighted by Gasteiger charge is -2.15. The van der Waals surface area contributed by atoms with Crippen LogP contribution in [-0.2, 0) is 4.79 Å². The molecule has 0 spiro atoms. The molecule has 1 amide bonds. The third kappa shape index (κ3) is 2.75. The summed E-state index contributed by atoms with van der Waals surface area (Å²) in [6.45, 7) is 0.534. The summed E-state index contributed by atoms with van der Waals surface area (Å²) in [5, 5.41) is 6.63. The number of nitrogens with zero attached hydrogens (tertiary/aromatic N) is 3. The number of rotatable bonds is 3. The van der Waals surface area contributed by atoms with Crippen molar-refractivity contribution in [2.75, 3.05) is 11.4 Å². The SMILES string of the molecule is O=C1CC(c2nc(-c3cccs3)no2)CN1c1ccc(Cl)cc1.